The van der Waals surface area contributed by atoms with Crippen LogP contribution in [0.5, 0.6) is 0 Å². The molecule has 4 aliphatic rings. The van der Waals surface area contributed by atoms with Gasteiger partial charge in [0.05, 0.1) is 45.6 Å². The predicted molar refractivity (Wildman–Crippen MR) is 445 cm³/mol. The quantitative estimate of drug-likeness (QED) is 0.160. The van der Waals surface area contributed by atoms with Crippen LogP contribution in [-0.4, -0.2) is 19.9 Å². The molecule has 0 unspecified atom stereocenters. The van der Waals surface area contributed by atoms with E-state index in [0.717, 1.165) is 156 Å². The van der Waals surface area contributed by atoms with Crippen LogP contribution in [0.2, 0.25) is 0 Å². The van der Waals surface area contributed by atoms with Gasteiger partial charge in [-0.3, -0.25) is 0 Å². The van der Waals surface area contributed by atoms with Crippen molar-refractivity contribution in [3.63, 3.8) is 0 Å². The molecule has 0 saturated heterocycles. The Hall–Kier alpha value is -8.93. The zero-order valence-corrected chi connectivity index (χ0v) is 68.4. The van der Waals surface area contributed by atoms with Gasteiger partial charge in [-0.25, -0.2) is 19.9 Å². The van der Waals surface area contributed by atoms with Crippen LogP contribution in [0.4, 0.5) is 0 Å². The molecule has 0 spiro atoms. The van der Waals surface area contributed by atoms with Crippen molar-refractivity contribution < 1.29 is 33.0 Å². The molecule has 0 atom stereocenters. The third-order valence-electron chi connectivity index (χ3n) is 21.4. The predicted octanol–water partition coefficient (Wildman–Crippen LogP) is 24.9. The summed E-state index contributed by atoms with van der Waals surface area (Å²) >= 11 is 0. The van der Waals surface area contributed by atoms with E-state index in [2.05, 4.69) is 336 Å². The van der Waals surface area contributed by atoms with Crippen LogP contribution in [0, 0.1) is 0 Å². The van der Waals surface area contributed by atoms with Crippen molar-refractivity contribution in [1.29, 1.82) is 0 Å². The zero-order valence-electron chi connectivity index (χ0n) is 66.4. The fraction of sp³-hybridized carbons (Fsp3) is 0.333. The minimum atomic E-state index is -0.182. The van der Waals surface area contributed by atoms with E-state index in [0.29, 0.717) is 0 Å². The number of aromatic nitrogens is 8. The van der Waals surface area contributed by atoms with Gasteiger partial charge in [0.1, 0.15) is 0 Å². The number of rotatable bonds is 4. The van der Waals surface area contributed by atoms with Gasteiger partial charge in [-0.1, -0.05) is 287 Å². The smallest absolute Gasteiger partial charge is 0.657 e. The van der Waals surface area contributed by atoms with Gasteiger partial charge in [0, 0.05) is 0 Å². The van der Waals surface area contributed by atoms with E-state index >= 15 is 0 Å². The number of nitrogens with zero attached hydrogens (tertiary/aromatic N) is 8. The van der Waals surface area contributed by atoms with Crippen molar-refractivity contribution in [2.24, 2.45) is 0 Å². The maximum Gasteiger partial charge on any atom is 2.00 e. The van der Waals surface area contributed by atoms with Crippen molar-refractivity contribution in [3.8, 4) is 44.5 Å². The van der Waals surface area contributed by atoms with Crippen LogP contribution in [-0.2, 0) is 76.3 Å². The van der Waals surface area contributed by atoms with Crippen LogP contribution < -0.4 is 19.9 Å². The summed E-state index contributed by atoms with van der Waals surface area (Å²) in [6.07, 6.45) is 17.4. The summed E-state index contributed by atoms with van der Waals surface area (Å²) in [7, 11) is 0. The van der Waals surface area contributed by atoms with Crippen LogP contribution >= 0.6 is 0 Å². The van der Waals surface area contributed by atoms with Crippen LogP contribution in [0.1, 0.15) is 256 Å². The molecule has 544 valence electrons. The molecule has 8 nitrogen and oxygen atoms in total. The van der Waals surface area contributed by atoms with E-state index in [9.17, 15) is 0 Å². The Morgan fingerprint density at radius 3 is 0.726 bits per heavy atom. The first-order valence-electron chi connectivity index (χ1n) is 37.3. The standard InChI is InChI=1S/C96H100N8.2Ni/c1-89(2,3)57-37-53(38-58(45-57)90(4,5)6)81-71-29-25-65(97-71)49-67-27-31-73(99-67)83(55-41-61(93(13,14)15)47-62(42-55)94(16,17)18)80-52-70-86-78-36-34-76(102-78)82(54-39-59(91(7,8)9)46-60(40-54)92(10,11)12)72-30-26-66(98-72)50-68-28-32-74(100-68)84(56-43-63(95(19,20)21)48-64(44-56)96(22,23)24)79-51-69(88(86)104-79)85(87(70)103-80)77-35-33-75(81)101-77;;/h25-52H,1-24H3;;/q-4;2*+2. The topological polar surface area (TPSA) is 108 Å². The summed E-state index contributed by atoms with van der Waals surface area (Å²) in [5.74, 6) is 0. The Kier molecular flexibility index (Phi) is 18.4. The van der Waals surface area contributed by atoms with Crippen molar-refractivity contribution in [2.75, 3.05) is 0 Å². The van der Waals surface area contributed by atoms with Gasteiger partial charge in [0.2, 0.25) is 0 Å². The van der Waals surface area contributed by atoms with E-state index in [1.807, 2.05) is 0 Å². The first-order chi connectivity index (χ1) is 48.5. The molecule has 0 amide bonds. The number of benzene rings is 5. The Morgan fingerprint density at radius 2 is 0.462 bits per heavy atom. The molecule has 0 fully saturated rings. The average Bonchev–Trinajstić information content (AvgIpc) is 1.55. The molecule has 0 radical (unpaired) electrons. The van der Waals surface area contributed by atoms with Crippen molar-refractivity contribution >= 4 is 114 Å². The maximum absolute atomic E-state index is 6.15. The summed E-state index contributed by atoms with van der Waals surface area (Å²) in [6.45, 7) is 55.3. The molecular weight excluding hydrogens is 1380 g/mol. The number of hydrogen-bond donors (Lipinski definition) is 0. The van der Waals surface area contributed by atoms with E-state index in [1.165, 1.54) is 44.5 Å². The molecular formula is C96H100N8Ni2. The second-order valence-corrected chi connectivity index (χ2v) is 38.0. The molecule has 0 N–H and O–H groups in total. The fourth-order valence-corrected chi connectivity index (χ4v) is 14.9. The van der Waals surface area contributed by atoms with Crippen LogP contribution in [0.15, 0.2) is 121 Å². The van der Waals surface area contributed by atoms with Gasteiger partial charge in [0.15, 0.2) is 0 Å². The van der Waals surface area contributed by atoms with Gasteiger partial charge in [-0.05, 0) is 202 Å². The van der Waals surface area contributed by atoms with E-state index in [1.54, 1.807) is 0 Å². The van der Waals surface area contributed by atoms with Crippen LogP contribution in [0.25, 0.3) is 159 Å². The monoisotopic (exact) mass is 1480 g/mol. The summed E-state index contributed by atoms with van der Waals surface area (Å²) in [6, 6.07) is 45.9. The minimum Gasteiger partial charge on any atom is -0.657 e. The molecule has 4 aliphatic heterocycles. The second kappa shape index (κ2) is 25.9. The Balaban J connectivity index is 0.00000497. The minimum absolute atomic E-state index is 0. The zero-order chi connectivity index (χ0) is 74.2. The average molecular weight is 1480 g/mol. The largest absolute Gasteiger partial charge is 2.00 e. The van der Waals surface area contributed by atoms with Gasteiger partial charge < -0.3 is 19.9 Å². The van der Waals surface area contributed by atoms with E-state index < -0.39 is 0 Å². The van der Waals surface area contributed by atoms with Gasteiger partial charge in [0.25, 0.3) is 0 Å². The van der Waals surface area contributed by atoms with Gasteiger partial charge >= 0.3 is 33.0 Å². The molecule has 11 aromatic rings. The molecule has 6 aromatic heterocycles. The molecule has 5 aromatic carbocycles. The molecule has 16 bridgehead atoms. The summed E-state index contributed by atoms with van der Waals surface area (Å²) in [4.78, 5) is 46.5. The van der Waals surface area contributed by atoms with Crippen molar-refractivity contribution in [2.45, 2.75) is 209 Å². The Bertz CT molecular complexity index is 5430. The summed E-state index contributed by atoms with van der Waals surface area (Å²) < 4.78 is 0. The SMILES string of the molecule is CC(C)(C)c1cc(-c2c3nc(c4c5cc6[n-]c5c(c5nc(c(-c7cc(C(C)(C)C)cc(C(C)(C)C)c7)c7ccc(cc8nc(c6-c6cc(C(C)(C)C)cc(C(C)(C)C)c6)C=C8)[n-]7)C=C5)c5cc([n-]c54)c(-c4cc(C(C)(C)C)cc(C(C)(C)C)c4)c4nc(cc5ccc2[n-]5)C=C4)C=C3)cc(C(C)(C)C)c1.[Ni+2].[Ni+2]. The van der Waals surface area contributed by atoms with Crippen molar-refractivity contribution in [3.05, 3.63) is 211 Å². The first kappa shape index (κ1) is 75.3. The maximum atomic E-state index is 6.15. The second-order valence-electron chi connectivity index (χ2n) is 38.0. The third-order valence-corrected chi connectivity index (χ3v) is 21.4. The molecule has 10 heterocycles. The van der Waals surface area contributed by atoms with Gasteiger partial charge in [-0.15, -0.1) is 44.1 Å². The van der Waals surface area contributed by atoms with E-state index in [-0.39, 0.29) is 76.3 Å². The molecule has 0 saturated carbocycles. The van der Waals surface area contributed by atoms with Crippen molar-refractivity contribution in [1.82, 2.24) is 39.9 Å². The normalized spacial score (nSPS) is 13.7. The molecule has 0 aliphatic carbocycles. The van der Waals surface area contributed by atoms with Gasteiger partial charge in [-0.2, -0.15) is 0 Å². The summed E-state index contributed by atoms with van der Waals surface area (Å²) in [5, 5.41) is 3.56. The number of hydrogen-bond acceptors (Lipinski definition) is 4. The molecule has 10 heteroatoms. The first-order valence-corrected chi connectivity index (χ1v) is 37.3. The molecule has 15 rings (SSSR count). The Labute approximate surface area is 648 Å². The molecule has 106 heavy (non-hydrogen) atoms. The number of fused-ring (bicyclic) bond motifs is 18. The fourth-order valence-electron chi connectivity index (χ4n) is 14.9. The summed E-state index contributed by atoms with van der Waals surface area (Å²) in [5.41, 5.74) is 29.4. The van der Waals surface area contributed by atoms with Crippen LogP contribution in [0.3, 0.4) is 0 Å². The van der Waals surface area contributed by atoms with E-state index in [4.69, 9.17) is 39.9 Å². The third kappa shape index (κ3) is 14.0. The Morgan fingerprint density at radius 1 is 0.226 bits per heavy atom.